The van der Waals surface area contributed by atoms with Crippen molar-refractivity contribution in [1.82, 2.24) is 4.90 Å². The predicted octanol–water partition coefficient (Wildman–Crippen LogP) is 1.50. The van der Waals surface area contributed by atoms with Crippen molar-refractivity contribution < 1.29 is 28.9 Å². The van der Waals surface area contributed by atoms with Gasteiger partial charge >= 0.3 is 12.1 Å². The molecule has 21 heavy (non-hydrogen) atoms. The van der Waals surface area contributed by atoms with E-state index in [0.29, 0.717) is 13.2 Å². The maximum Gasteiger partial charge on any atom is 0.411 e. The highest BCUT2D eigenvalue weighted by molar-refractivity contribution is 5.85. The second-order valence-corrected chi connectivity index (χ2v) is 6.36. The molecule has 1 heterocycles. The third kappa shape index (κ3) is 4.57. The lowest BCUT2D eigenvalue weighted by atomic mass is 9.99. The Morgan fingerprint density at radius 3 is 2.43 bits per heavy atom. The van der Waals surface area contributed by atoms with Gasteiger partial charge in [-0.3, -0.25) is 4.90 Å². The number of amides is 1. The van der Waals surface area contributed by atoms with Gasteiger partial charge in [-0.1, -0.05) is 0 Å². The molecule has 0 bridgehead atoms. The molecule has 1 amide bonds. The molecule has 1 aliphatic rings. The van der Waals surface area contributed by atoms with Crippen LogP contribution in [0.3, 0.4) is 0 Å². The summed E-state index contributed by atoms with van der Waals surface area (Å²) in [5.41, 5.74) is -1.99. The predicted molar refractivity (Wildman–Crippen MR) is 75.2 cm³/mol. The molecule has 0 saturated carbocycles. The van der Waals surface area contributed by atoms with Crippen molar-refractivity contribution in [2.45, 2.75) is 51.4 Å². The van der Waals surface area contributed by atoms with Crippen molar-refractivity contribution >= 4 is 12.1 Å². The van der Waals surface area contributed by atoms with E-state index in [2.05, 4.69) is 0 Å². The number of hydrogen-bond donors (Lipinski definition) is 1. The van der Waals surface area contributed by atoms with Crippen LogP contribution in [0.1, 0.15) is 34.1 Å². The normalized spacial score (nSPS) is 26.0. The summed E-state index contributed by atoms with van der Waals surface area (Å²) in [5, 5.41) is 9.45. The van der Waals surface area contributed by atoms with E-state index in [9.17, 15) is 14.7 Å². The Hall–Kier alpha value is -1.34. The number of aliphatic carboxylic acids is 1. The highest BCUT2D eigenvalue weighted by Gasteiger charge is 2.51. The number of carbonyl (C=O) groups excluding carboxylic acids is 1. The van der Waals surface area contributed by atoms with E-state index in [1.54, 1.807) is 27.9 Å². The van der Waals surface area contributed by atoms with E-state index in [-0.39, 0.29) is 19.1 Å². The molecule has 122 valence electrons. The van der Waals surface area contributed by atoms with Crippen molar-refractivity contribution in [3.05, 3.63) is 0 Å². The molecule has 0 aromatic heterocycles. The average molecular weight is 303 g/mol. The SMILES string of the molecule is COCCOC1CN(C(=O)OC(C)(C)C)C(C)(C(=O)O)C1. The molecule has 2 atom stereocenters. The Morgan fingerprint density at radius 2 is 1.95 bits per heavy atom. The van der Waals surface area contributed by atoms with E-state index < -0.39 is 23.2 Å². The van der Waals surface area contributed by atoms with Crippen LogP contribution in [-0.2, 0) is 19.0 Å². The molecule has 1 saturated heterocycles. The fraction of sp³-hybridized carbons (Fsp3) is 0.857. The summed E-state index contributed by atoms with van der Waals surface area (Å²) >= 11 is 0. The molecule has 0 aromatic rings. The van der Waals surface area contributed by atoms with Crippen LogP contribution in [0.15, 0.2) is 0 Å². The minimum absolute atomic E-state index is 0.196. The second-order valence-electron chi connectivity index (χ2n) is 6.36. The number of nitrogens with zero attached hydrogens (tertiary/aromatic N) is 1. The summed E-state index contributed by atoms with van der Waals surface area (Å²) in [4.78, 5) is 25.0. The maximum atomic E-state index is 12.2. The van der Waals surface area contributed by atoms with Crippen molar-refractivity contribution in [3.8, 4) is 0 Å². The van der Waals surface area contributed by atoms with Gasteiger partial charge in [-0.15, -0.1) is 0 Å². The summed E-state index contributed by atoms with van der Waals surface area (Å²) in [5.74, 6) is -1.06. The molecular formula is C14H25NO6. The molecule has 1 rings (SSSR count). The zero-order valence-corrected chi connectivity index (χ0v) is 13.3. The zero-order valence-electron chi connectivity index (χ0n) is 13.3. The highest BCUT2D eigenvalue weighted by Crippen LogP contribution is 2.32. The van der Waals surface area contributed by atoms with Crippen molar-refractivity contribution in [1.29, 1.82) is 0 Å². The fourth-order valence-electron chi connectivity index (χ4n) is 2.23. The number of carboxylic acids is 1. The van der Waals surface area contributed by atoms with Gasteiger partial charge in [0.1, 0.15) is 11.1 Å². The molecule has 2 unspecified atom stereocenters. The maximum absolute atomic E-state index is 12.2. The molecule has 1 fully saturated rings. The lowest BCUT2D eigenvalue weighted by Crippen LogP contribution is -2.52. The largest absolute Gasteiger partial charge is 0.480 e. The van der Waals surface area contributed by atoms with Gasteiger partial charge in [-0.25, -0.2) is 9.59 Å². The molecule has 0 radical (unpaired) electrons. The van der Waals surface area contributed by atoms with E-state index in [0.717, 1.165) is 0 Å². The highest BCUT2D eigenvalue weighted by atomic mass is 16.6. The first kappa shape index (κ1) is 17.7. The van der Waals surface area contributed by atoms with Crippen LogP contribution < -0.4 is 0 Å². The number of likely N-dealkylation sites (tertiary alicyclic amines) is 1. The van der Waals surface area contributed by atoms with Crippen LogP contribution in [0.5, 0.6) is 0 Å². The van der Waals surface area contributed by atoms with Gasteiger partial charge in [0.2, 0.25) is 0 Å². The van der Waals surface area contributed by atoms with Crippen LogP contribution in [0, 0.1) is 0 Å². The summed E-state index contributed by atoms with van der Waals surface area (Å²) in [6.45, 7) is 7.72. The fourth-order valence-corrected chi connectivity index (χ4v) is 2.23. The third-order valence-electron chi connectivity index (χ3n) is 3.32. The summed E-state index contributed by atoms with van der Waals surface area (Å²) in [7, 11) is 1.56. The molecule has 1 N–H and O–H groups in total. The Morgan fingerprint density at radius 1 is 1.33 bits per heavy atom. The minimum atomic E-state index is -1.32. The van der Waals surface area contributed by atoms with Gasteiger partial charge in [-0.2, -0.15) is 0 Å². The van der Waals surface area contributed by atoms with Crippen LogP contribution in [0.25, 0.3) is 0 Å². The number of hydrogen-bond acceptors (Lipinski definition) is 5. The van der Waals surface area contributed by atoms with Crippen LogP contribution in [0.2, 0.25) is 0 Å². The van der Waals surface area contributed by atoms with Crippen molar-refractivity contribution in [2.75, 3.05) is 26.9 Å². The Labute approximate surface area is 125 Å². The molecule has 1 aliphatic heterocycles. The number of carboxylic acid groups (broad SMARTS) is 1. The first-order valence-electron chi connectivity index (χ1n) is 6.94. The van der Waals surface area contributed by atoms with Gasteiger partial charge in [0.05, 0.1) is 25.9 Å². The number of ether oxygens (including phenoxy) is 3. The van der Waals surface area contributed by atoms with Crippen LogP contribution >= 0.6 is 0 Å². The second kappa shape index (κ2) is 6.62. The lowest BCUT2D eigenvalue weighted by molar-refractivity contribution is -0.148. The smallest absolute Gasteiger partial charge is 0.411 e. The summed E-state index contributed by atoms with van der Waals surface area (Å²) in [6.07, 6.45) is -0.746. The van der Waals surface area contributed by atoms with Gasteiger partial charge < -0.3 is 19.3 Å². The minimum Gasteiger partial charge on any atom is -0.480 e. The first-order chi connectivity index (χ1) is 9.60. The number of rotatable bonds is 5. The van der Waals surface area contributed by atoms with Crippen LogP contribution in [0.4, 0.5) is 4.79 Å². The van der Waals surface area contributed by atoms with Gasteiger partial charge in [-0.05, 0) is 27.7 Å². The Bertz CT molecular complexity index is 391. The molecule has 0 aromatic carbocycles. The summed E-state index contributed by atoms with van der Waals surface area (Å²) in [6, 6.07) is 0. The lowest BCUT2D eigenvalue weighted by Gasteiger charge is -2.32. The number of methoxy groups -OCH3 is 1. The molecular weight excluding hydrogens is 278 g/mol. The standard InChI is InChI=1S/C14H25NO6/c1-13(2,3)21-12(18)15-9-10(20-7-6-19-5)8-14(15,4)11(16)17/h10H,6-9H2,1-5H3,(H,16,17). The van der Waals surface area contributed by atoms with Crippen molar-refractivity contribution in [2.24, 2.45) is 0 Å². The average Bonchev–Trinajstić information content (AvgIpc) is 2.66. The van der Waals surface area contributed by atoms with Crippen LogP contribution in [-0.4, -0.2) is 66.2 Å². The molecule has 0 spiro atoms. The van der Waals surface area contributed by atoms with E-state index in [1.807, 2.05) is 0 Å². The van der Waals surface area contributed by atoms with Gasteiger partial charge in [0.25, 0.3) is 0 Å². The number of carbonyl (C=O) groups is 2. The first-order valence-corrected chi connectivity index (χ1v) is 6.94. The van der Waals surface area contributed by atoms with E-state index in [1.165, 1.54) is 11.8 Å². The quantitative estimate of drug-likeness (QED) is 0.775. The summed E-state index contributed by atoms with van der Waals surface area (Å²) < 4.78 is 15.7. The molecule has 7 nitrogen and oxygen atoms in total. The Balaban J connectivity index is 2.79. The van der Waals surface area contributed by atoms with E-state index >= 15 is 0 Å². The zero-order chi connectivity index (χ0) is 16.3. The monoisotopic (exact) mass is 303 g/mol. The topological polar surface area (TPSA) is 85.3 Å². The van der Waals surface area contributed by atoms with Crippen molar-refractivity contribution in [3.63, 3.8) is 0 Å². The Kier molecular flexibility index (Phi) is 5.58. The third-order valence-corrected chi connectivity index (χ3v) is 3.32. The molecule has 7 heteroatoms. The van der Waals surface area contributed by atoms with Gasteiger partial charge in [0.15, 0.2) is 0 Å². The van der Waals surface area contributed by atoms with E-state index in [4.69, 9.17) is 14.2 Å². The van der Waals surface area contributed by atoms with Gasteiger partial charge in [0, 0.05) is 13.5 Å². The molecule has 0 aliphatic carbocycles.